The standard InChI is InChI=1S/C33H62N5O9PS/c1-4-6-8-10-12-14-16-18-25-49(42,43)29(20-17-15-13-11-9-7-5-2)28(3)45-21-19-22-46-48(40,41)47-24-23-44-27-38-26-35-30-31(38)36-33(34)37-32(30)39/h26,28-29H,4-25,27H2,1-3H3,(H,40,41)(H3,34,36,37,39). The number of aromatic amines is 1. The first-order valence-corrected chi connectivity index (χ1v) is 21.4. The second-order valence-electron chi connectivity index (χ2n) is 12.7. The largest absolute Gasteiger partial charge is 0.472 e. The number of imidazole rings is 1. The number of hydrogen-bond acceptors (Lipinski definition) is 11. The van der Waals surface area contributed by atoms with Crippen molar-refractivity contribution in [1.82, 2.24) is 19.5 Å². The van der Waals surface area contributed by atoms with E-state index in [2.05, 4.69) is 28.8 Å². The third-order valence-corrected chi connectivity index (χ3v) is 11.9. The van der Waals surface area contributed by atoms with E-state index in [-0.39, 0.29) is 56.0 Å². The van der Waals surface area contributed by atoms with Crippen LogP contribution in [-0.4, -0.2) is 76.4 Å². The molecule has 3 unspecified atom stereocenters. The summed E-state index contributed by atoms with van der Waals surface area (Å²) >= 11 is 0. The molecular formula is C33H62N5O9PS. The van der Waals surface area contributed by atoms with Crippen molar-refractivity contribution < 1.29 is 36.4 Å². The number of nitrogens with zero attached hydrogens (tertiary/aromatic N) is 3. The fourth-order valence-electron chi connectivity index (χ4n) is 5.69. The Kier molecular flexibility index (Phi) is 21.5. The van der Waals surface area contributed by atoms with Gasteiger partial charge in [0.2, 0.25) is 5.95 Å². The van der Waals surface area contributed by atoms with Gasteiger partial charge in [0.1, 0.15) is 6.73 Å². The number of rotatable bonds is 31. The minimum atomic E-state index is -4.34. The summed E-state index contributed by atoms with van der Waals surface area (Å²) in [5, 5.41) is -0.574. The Labute approximate surface area is 292 Å². The maximum atomic E-state index is 13.4. The van der Waals surface area contributed by atoms with Gasteiger partial charge in [-0.1, -0.05) is 104 Å². The molecule has 0 aliphatic heterocycles. The quantitative estimate of drug-likeness (QED) is 0.0550. The van der Waals surface area contributed by atoms with E-state index in [0.717, 1.165) is 38.5 Å². The van der Waals surface area contributed by atoms with Crippen LogP contribution in [0.5, 0.6) is 0 Å². The van der Waals surface area contributed by atoms with E-state index >= 15 is 0 Å². The van der Waals surface area contributed by atoms with Crippen LogP contribution in [-0.2, 0) is 39.7 Å². The van der Waals surface area contributed by atoms with Crippen molar-refractivity contribution in [3.05, 3.63) is 16.7 Å². The van der Waals surface area contributed by atoms with Crippen LogP contribution in [0, 0.1) is 0 Å². The Balaban J connectivity index is 1.71. The number of ether oxygens (including phenoxy) is 2. The van der Waals surface area contributed by atoms with Gasteiger partial charge in [-0.25, -0.2) is 18.0 Å². The van der Waals surface area contributed by atoms with Crippen LogP contribution in [0.2, 0.25) is 0 Å². The molecule has 0 saturated carbocycles. The lowest BCUT2D eigenvalue weighted by atomic mass is 10.1. The Bertz CT molecular complexity index is 1390. The first-order chi connectivity index (χ1) is 23.5. The highest BCUT2D eigenvalue weighted by atomic mass is 32.2. The SMILES string of the molecule is CCCCCCCCCCS(=O)(=O)C(CCCCCCCCC)C(C)OCCCOP(=O)(O)OCCOCn1cnc2c(=O)[nH]c(N)nc21. The highest BCUT2D eigenvalue weighted by molar-refractivity contribution is 7.92. The van der Waals surface area contributed by atoms with E-state index in [1.54, 1.807) is 0 Å². The molecule has 0 fully saturated rings. The summed E-state index contributed by atoms with van der Waals surface area (Å²) in [7, 11) is -7.67. The summed E-state index contributed by atoms with van der Waals surface area (Å²) in [6.45, 7) is 6.00. The maximum Gasteiger partial charge on any atom is 0.472 e. The van der Waals surface area contributed by atoms with Gasteiger partial charge in [-0.15, -0.1) is 0 Å². The summed E-state index contributed by atoms with van der Waals surface area (Å²) in [5.74, 6) is 0.127. The summed E-state index contributed by atoms with van der Waals surface area (Å²) in [6.07, 6.45) is 18.3. The number of sulfone groups is 1. The number of phosphoric ester groups is 1. The molecule has 0 bridgehead atoms. The molecule has 0 saturated heterocycles. The van der Waals surface area contributed by atoms with Gasteiger partial charge in [0.05, 0.1) is 43.3 Å². The van der Waals surface area contributed by atoms with E-state index in [1.807, 2.05) is 6.92 Å². The molecule has 0 aliphatic carbocycles. The van der Waals surface area contributed by atoms with Crippen molar-refractivity contribution >= 4 is 34.8 Å². The fraction of sp³-hybridized carbons (Fsp3) is 0.848. The molecule has 2 heterocycles. The number of nitrogens with one attached hydrogen (secondary N) is 1. The van der Waals surface area contributed by atoms with Gasteiger partial charge in [-0.2, -0.15) is 4.98 Å². The Morgan fingerprint density at radius 2 is 1.47 bits per heavy atom. The highest BCUT2D eigenvalue weighted by Crippen LogP contribution is 2.43. The third kappa shape index (κ3) is 17.8. The van der Waals surface area contributed by atoms with Crippen molar-refractivity contribution in [3.63, 3.8) is 0 Å². The van der Waals surface area contributed by atoms with Gasteiger partial charge < -0.3 is 20.1 Å². The van der Waals surface area contributed by atoms with Crippen LogP contribution in [0.3, 0.4) is 0 Å². The molecule has 16 heteroatoms. The highest BCUT2D eigenvalue weighted by Gasteiger charge is 2.31. The van der Waals surface area contributed by atoms with Gasteiger partial charge in [-0.05, 0) is 26.2 Å². The molecule has 284 valence electrons. The van der Waals surface area contributed by atoms with Gasteiger partial charge in [0.15, 0.2) is 21.0 Å². The van der Waals surface area contributed by atoms with Crippen molar-refractivity contribution in [3.8, 4) is 0 Å². The molecule has 0 aromatic carbocycles. The first kappa shape index (κ1) is 43.3. The number of nitrogens with two attached hydrogens (primary N) is 1. The maximum absolute atomic E-state index is 13.4. The van der Waals surface area contributed by atoms with E-state index in [4.69, 9.17) is 24.3 Å². The number of phosphoric acid groups is 1. The van der Waals surface area contributed by atoms with E-state index < -0.39 is 34.6 Å². The topological polar surface area (TPSA) is 198 Å². The molecule has 14 nitrogen and oxygen atoms in total. The summed E-state index contributed by atoms with van der Waals surface area (Å²) in [5.41, 5.74) is 5.48. The molecule has 0 spiro atoms. The molecule has 0 radical (unpaired) electrons. The monoisotopic (exact) mass is 735 g/mol. The van der Waals surface area contributed by atoms with Gasteiger partial charge in [0.25, 0.3) is 5.56 Å². The Morgan fingerprint density at radius 1 is 0.878 bits per heavy atom. The zero-order valence-corrected chi connectivity index (χ0v) is 31.7. The summed E-state index contributed by atoms with van der Waals surface area (Å²) in [6, 6.07) is 0. The number of nitrogen functional groups attached to an aromatic ring is 1. The average molecular weight is 736 g/mol. The Hall–Kier alpha value is -1.87. The van der Waals surface area contributed by atoms with Crippen LogP contribution in [0.1, 0.15) is 130 Å². The zero-order chi connectivity index (χ0) is 36.0. The van der Waals surface area contributed by atoms with Crippen LogP contribution in [0.15, 0.2) is 11.1 Å². The number of fused-ring (bicyclic) bond motifs is 1. The summed E-state index contributed by atoms with van der Waals surface area (Å²) < 4.78 is 62.1. The molecule has 2 aromatic rings. The number of unbranched alkanes of at least 4 members (excludes halogenated alkanes) is 13. The van der Waals surface area contributed by atoms with Crippen molar-refractivity contribution in [1.29, 1.82) is 0 Å². The predicted molar refractivity (Wildman–Crippen MR) is 193 cm³/mol. The average Bonchev–Trinajstić information content (AvgIpc) is 3.45. The van der Waals surface area contributed by atoms with Gasteiger partial charge in [-0.3, -0.25) is 23.4 Å². The first-order valence-electron chi connectivity index (χ1n) is 18.2. The summed E-state index contributed by atoms with van der Waals surface area (Å²) in [4.78, 5) is 32.3. The lowest BCUT2D eigenvalue weighted by Crippen LogP contribution is -2.36. The molecule has 49 heavy (non-hydrogen) atoms. The normalized spacial score (nSPS) is 14.7. The zero-order valence-electron chi connectivity index (χ0n) is 30.0. The molecule has 2 aromatic heterocycles. The number of aromatic nitrogens is 4. The van der Waals surface area contributed by atoms with Gasteiger partial charge in [0, 0.05) is 6.61 Å². The number of hydrogen-bond donors (Lipinski definition) is 3. The smallest absolute Gasteiger partial charge is 0.377 e. The van der Waals surface area contributed by atoms with E-state index in [9.17, 15) is 22.7 Å². The molecular weight excluding hydrogens is 673 g/mol. The molecule has 0 aliphatic rings. The minimum absolute atomic E-state index is 0.0311. The fourth-order valence-corrected chi connectivity index (χ4v) is 8.53. The van der Waals surface area contributed by atoms with Crippen molar-refractivity contribution in [2.45, 2.75) is 148 Å². The van der Waals surface area contributed by atoms with E-state index in [1.165, 1.54) is 62.3 Å². The lowest BCUT2D eigenvalue weighted by molar-refractivity contribution is 0.0361. The van der Waals surface area contributed by atoms with Crippen LogP contribution >= 0.6 is 7.82 Å². The molecule has 2 rings (SSSR count). The second-order valence-corrected chi connectivity index (χ2v) is 16.5. The Morgan fingerprint density at radius 3 is 2.12 bits per heavy atom. The van der Waals surface area contributed by atoms with Crippen molar-refractivity contribution in [2.75, 3.05) is 37.9 Å². The molecule has 4 N–H and O–H groups in total. The second kappa shape index (κ2) is 24.3. The molecule has 3 atom stereocenters. The van der Waals surface area contributed by atoms with Crippen LogP contribution in [0.4, 0.5) is 5.95 Å². The van der Waals surface area contributed by atoms with Crippen LogP contribution < -0.4 is 11.3 Å². The number of H-pyrrole nitrogens is 1. The molecule has 0 amide bonds. The number of anilines is 1. The lowest BCUT2D eigenvalue weighted by Gasteiger charge is -2.25. The predicted octanol–water partition coefficient (Wildman–Crippen LogP) is 6.67. The third-order valence-electron chi connectivity index (χ3n) is 8.49. The minimum Gasteiger partial charge on any atom is -0.377 e. The van der Waals surface area contributed by atoms with Gasteiger partial charge >= 0.3 is 7.82 Å². The van der Waals surface area contributed by atoms with Crippen LogP contribution in [0.25, 0.3) is 11.2 Å². The van der Waals surface area contributed by atoms with Crippen molar-refractivity contribution in [2.24, 2.45) is 0 Å². The van der Waals surface area contributed by atoms with E-state index in [0.29, 0.717) is 19.3 Å².